The molecule has 21 heavy (non-hydrogen) atoms. The summed E-state index contributed by atoms with van der Waals surface area (Å²) in [6, 6.07) is 7.81. The molecule has 3 rings (SSSR count). The summed E-state index contributed by atoms with van der Waals surface area (Å²) in [7, 11) is 0. The molecule has 1 N–H and O–H groups in total. The third-order valence-electron chi connectivity index (χ3n) is 3.42. The number of anilines is 1. The number of pyridine rings is 1. The van der Waals surface area contributed by atoms with Gasteiger partial charge in [-0.2, -0.15) is 0 Å². The van der Waals surface area contributed by atoms with Crippen LogP contribution in [0.3, 0.4) is 0 Å². The van der Waals surface area contributed by atoms with Gasteiger partial charge in [0.05, 0.1) is 11.8 Å². The largest absolute Gasteiger partial charge is 0.384 e. The molecule has 2 heterocycles. The summed E-state index contributed by atoms with van der Waals surface area (Å²) in [5.41, 5.74) is 2.03. The molecule has 0 bridgehead atoms. The van der Waals surface area contributed by atoms with Crippen molar-refractivity contribution in [2.24, 2.45) is 0 Å². The molecule has 0 spiro atoms. The molecule has 0 atom stereocenters. The number of unbranched alkanes of at least 4 members (excludes halogenated alkanes) is 1. The maximum atomic E-state index is 6.00. The van der Waals surface area contributed by atoms with E-state index in [4.69, 9.17) is 11.6 Å². The van der Waals surface area contributed by atoms with E-state index in [9.17, 15) is 0 Å². The number of nitrogens with one attached hydrogen (secondary N) is 1. The minimum Gasteiger partial charge on any atom is -0.384 e. The monoisotopic (exact) mass is 300 g/mol. The molecule has 108 valence electrons. The molecule has 2 aromatic heterocycles. The predicted octanol–water partition coefficient (Wildman–Crippen LogP) is 3.98. The number of aromatic nitrogens is 3. The molecular weight excluding hydrogens is 284 g/mol. The van der Waals surface area contributed by atoms with Gasteiger partial charge in [0.2, 0.25) is 0 Å². The summed E-state index contributed by atoms with van der Waals surface area (Å²) in [6.07, 6.45) is 9.70. The molecule has 3 aromatic rings. The Kier molecular flexibility index (Phi) is 4.36. The van der Waals surface area contributed by atoms with Crippen molar-refractivity contribution in [1.82, 2.24) is 14.5 Å². The second kappa shape index (κ2) is 6.59. The Morgan fingerprint density at radius 1 is 1.14 bits per heavy atom. The van der Waals surface area contributed by atoms with Crippen LogP contribution in [0.4, 0.5) is 5.69 Å². The van der Waals surface area contributed by atoms with Crippen LogP contribution >= 0.6 is 11.6 Å². The first-order valence-corrected chi connectivity index (χ1v) is 7.44. The maximum absolute atomic E-state index is 6.00. The Morgan fingerprint density at radius 3 is 2.95 bits per heavy atom. The quantitative estimate of drug-likeness (QED) is 0.700. The molecule has 0 aliphatic carbocycles. The number of imidazole rings is 1. The fourth-order valence-electron chi connectivity index (χ4n) is 2.34. The molecule has 0 saturated carbocycles. The first-order chi connectivity index (χ1) is 10.3. The summed E-state index contributed by atoms with van der Waals surface area (Å²) in [5, 5.41) is 5.30. The van der Waals surface area contributed by atoms with Crippen molar-refractivity contribution in [1.29, 1.82) is 0 Å². The SMILES string of the molecule is Clc1ccc2c(NCCCCn3ccnc3)ccnc2c1. The van der Waals surface area contributed by atoms with Crippen LogP contribution in [0.1, 0.15) is 12.8 Å². The lowest BCUT2D eigenvalue weighted by Crippen LogP contribution is -2.04. The highest BCUT2D eigenvalue weighted by atomic mass is 35.5. The molecule has 1 aromatic carbocycles. The van der Waals surface area contributed by atoms with Gasteiger partial charge in [-0.3, -0.25) is 4.98 Å². The van der Waals surface area contributed by atoms with Crippen molar-refractivity contribution < 1.29 is 0 Å². The zero-order chi connectivity index (χ0) is 14.5. The highest BCUT2D eigenvalue weighted by Crippen LogP contribution is 2.24. The summed E-state index contributed by atoms with van der Waals surface area (Å²) < 4.78 is 2.10. The van der Waals surface area contributed by atoms with E-state index in [1.54, 1.807) is 0 Å². The van der Waals surface area contributed by atoms with E-state index in [2.05, 4.69) is 19.9 Å². The Labute approximate surface area is 128 Å². The van der Waals surface area contributed by atoms with Gasteiger partial charge in [-0.15, -0.1) is 0 Å². The number of halogens is 1. The van der Waals surface area contributed by atoms with Crippen molar-refractivity contribution in [3.05, 3.63) is 54.2 Å². The predicted molar refractivity (Wildman–Crippen MR) is 86.7 cm³/mol. The van der Waals surface area contributed by atoms with E-state index in [1.807, 2.05) is 49.2 Å². The van der Waals surface area contributed by atoms with E-state index >= 15 is 0 Å². The van der Waals surface area contributed by atoms with Crippen LogP contribution in [0, 0.1) is 0 Å². The average Bonchev–Trinajstić information content (AvgIpc) is 3.00. The number of hydrogen-bond acceptors (Lipinski definition) is 3. The highest BCUT2D eigenvalue weighted by Gasteiger charge is 2.02. The summed E-state index contributed by atoms with van der Waals surface area (Å²) >= 11 is 6.00. The lowest BCUT2D eigenvalue weighted by molar-refractivity contribution is 0.621. The van der Waals surface area contributed by atoms with Crippen molar-refractivity contribution in [2.75, 3.05) is 11.9 Å². The molecule has 0 radical (unpaired) electrons. The topological polar surface area (TPSA) is 42.7 Å². The zero-order valence-electron chi connectivity index (χ0n) is 11.7. The van der Waals surface area contributed by atoms with Crippen LogP contribution in [0.25, 0.3) is 10.9 Å². The number of benzene rings is 1. The number of rotatable bonds is 6. The molecule has 0 amide bonds. The molecule has 0 fully saturated rings. The molecule has 4 nitrogen and oxygen atoms in total. The summed E-state index contributed by atoms with van der Waals surface area (Å²) in [5.74, 6) is 0. The zero-order valence-corrected chi connectivity index (χ0v) is 12.4. The van der Waals surface area contributed by atoms with Gasteiger partial charge in [0.15, 0.2) is 0 Å². The number of hydrogen-bond donors (Lipinski definition) is 1. The van der Waals surface area contributed by atoms with Gasteiger partial charge in [-0.05, 0) is 37.1 Å². The molecule has 0 saturated heterocycles. The normalized spacial score (nSPS) is 10.9. The van der Waals surface area contributed by atoms with Crippen LogP contribution in [-0.4, -0.2) is 21.1 Å². The number of fused-ring (bicyclic) bond motifs is 1. The van der Waals surface area contributed by atoms with Crippen molar-refractivity contribution in [3.63, 3.8) is 0 Å². The molecular formula is C16H17ClN4. The molecule has 0 aliphatic rings. The Morgan fingerprint density at radius 2 is 2.10 bits per heavy atom. The summed E-state index contributed by atoms with van der Waals surface area (Å²) in [4.78, 5) is 8.39. The minimum atomic E-state index is 0.715. The first-order valence-electron chi connectivity index (χ1n) is 7.07. The van der Waals surface area contributed by atoms with Crippen LogP contribution in [0.15, 0.2) is 49.2 Å². The van der Waals surface area contributed by atoms with E-state index in [1.165, 1.54) is 0 Å². The fraction of sp³-hybridized carbons (Fsp3) is 0.250. The van der Waals surface area contributed by atoms with Gasteiger partial charge < -0.3 is 9.88 Å². The van der Waals surface area contributed by atoms with Crippen LogP contribution in [0.5, 0.6) is 0 Å². The third-order valence-corrected chi connectivity index (χ3v) is 3.66. The number of nitrogens with zero attached hydrogens (tertiary/aromatic N) is 3. The molecule has 5 heteroatoms. The second-order valence-corrected chi connectivity index (χ2v) is 5.39. The lowest BCUT2D eigenvalue weighted by Gasteiger charge is -2.09. The van der Waals surface area contributed by atoms with Gasteiger partial charge in [-0.1, -0.05) is 11.6 Å². The average molecular weight is 301 g/mol. The smallest absolute Gasteiger partial charge is 0.0945 e. The van der Waals surface area contributed by atoms with E-state index in [0.717, 1.165) is 42.5 Å². The molecule has 0 aliphatic heterocycles. The van der Waals surface area contributed by atoms with Crippen LogP contribution in [-0.2, 0) is 6.54 Å². The van der Waals surface area contributed by atoms with Crippen LogP contribution in [0.2, 0.25) is 5.02 Å². The Bertz CT molecular complexity index is 709. The van der Waals surface area contributed by atoms with Gasteiger partial charge >= 0.3 is 0 Å². The minimum absolute atomic E-state index is 0.715. The standard InChI is InChI=1S/C16H17ClN4/c17-13-3-4-14-15(5-7-20-16(14)11-13)19-6-1-2-9-21-10-8-18-12-21/h3-5,7-8,10-12H,1-2,6,9H2,(H,19,20). The van der Waals surface area contributed by atoms with Crippen LogP contribution < -0.4 is 5.32 Å². The summed E-state index contributed by atoms with van der Waals surface area (Å²) in [6.45, 7) is 1.95. The van der Waals surface area contributed by atoms with Gasteiger partial charge in [0.25, 0.3) is 0 Å². The third kappa shape index (κ3) is 3.52. The number of aryl methyl sites for hydroxylation is 1. The van der Waals surface area contributed by atoms with Gasteiger partial charge in [-0.25, -0.2) is 4.98 Å². The highest BCUT2D eigenvalue weighted by molar-refractivity contribution is 6.31. The Hall–Kier alpha value is -2.07. The van der Waals surface area contributed by atoms with Crippen molar-refractivity contribution in [2.45, 2.75) is 19.4 Å². The maximum Gasteiger partial charge on any atom is 0.0945 e. The second-order valence-electron chi connectivity index (χ2n) is 4.95. The fourth-order valence-corrected chi connectivity index (χ4v) is 2.50. The first kappa shape index (κ1) is 13.9. The van der Waals surface area contributed by atoms with Gasteiger partial charge in [0.1, 0.15) is 0 Å². The van der Waals surface area contributed by atoms with E-state index in [-0.39, 0.29) is 0 Å². The van der Waals surface area contributed by atoms with Gasteiger partial charge in [0, 0.05) is 47.8 Å². The Balaban J connectivity index is 1.55. The molecule has 0 unspecified atom stereocenters. The lowest BCUT2D eigenvalue weighted by atomic mass is 10.2. The van der Waals surface area contributed by atoms with E-state index in [0.29, 0.717) is 5.02 Å². The van der Waals surface area contributed by atoms with Crippen molar-refractivity contribution >= 4 is 28.2 Å². The van der Waals surface area contributed by atoms with E-state index < -0.39 is 0 Å². The van der Waals surface area contributed by atoms with Crippen molar-refractivity contribution in [3.8, 4) is 0 Å².